The molecule has 0 bridgehead atoms. The Hall–Kier alpha value is -2.80. The standard InChI is InChI=1S/C22H25N3O/c1-16-13-18(17(2)25(16)21-11-7-4-8-12-21)14-19(15-23)22(26)24-20-9-5-3-6-10-20/h4,7-8,11-14,20H,3,5-6,9-10H2,1-2H3,(H,24,26)/b19-14-. The summed E-state index contributed by atoms with van der Waals surface area (Å²) in [7, 11) is 0. The van der Waals surface area contributed by atoms with Gasteiger partial charge in [-0.3, -0.25) is 4.79 Å². The summed E-state index contributed by atoms with van der Waals surface area (Å²) in [6.07, 6.45) is 7.25. The van der Waals surface area contributed by atoms with Crippen molar-refractivity contribution in [2.45, 2.75) is 52.0 Å². The number of nitrogens with one attached hydrogen (secondary N) is 1. The second kappa shape index (κ2) is 8.05. The van der Waals surface area contributed by atoms with E-state index in [0.29, 0.717) is 0 Å². The van der Waals surface area contributed by atoms with E-state index in [1.54, 1.807) is 6.08 Å². The number of carbonyl (C=O) groups is 1. The van der Waals surface area contributed by atoms with Crippen molar-refractivity contribution in [1.29, 1.82) is 5.26 Å². The minimum Gasteiger partial charge on any atom is -0.349 e. The van der Waals surface area contributed by atoms with Crippen molar-refractivity contribution in [2.24, 2.45) is 0 Å². The van der Waals surface area contributed by atoms with Gasteiger partial charge in [-0.05, 0) is 56.5 Å². The molecule has 0 radical (unpaired) electrons. The molecule has 1 amide bonds. The van der Waals surface area contributed by atoms with Crippen LogP contribution in [0.5, 0.6) is 0 Å². The summed E-state index contributed by atoms with van der Waals surface area (Å²) in [5.74, 6) is -0.260. The summed E-state index contributed by atoms with van der Waals surface area (Å²) < 4.78 is 2.14. The second-order valence-corrected chi connectivity index (χ2v) is 6.98. The van der Waals surface area contributed by atoms with Crippen molar-refractivity contribution < 1.29 is 4.79 Å². The number of hydrogen-bond acceptors (Lipinski definition) is 2. The van der Waals surface area contributed by atoms with Gasteiger partial charge >= 0.3 is 0 Å². The molecule has 1 aliphatic carbocycles. The molecular weight excluding hydrogens is 322 g/mol. The smallest absolute Gasteiger partial charge is 0.262 e. The van der Waals surface area contributed by atoms with Gasteiger partial charge in [0.15, 0.2) is 0 Å². The predicted octanol–water partition coefficient (Wildman–Crippen LogP) is 4.45. The minimum absolute atomic E-state index is 0.170. The lowest BCUT2D eigenvalue weighted by molar-refractivity contribution is -0.117. The maximum atomic E-state index is 12.5. The third kappa shape index (κ3) is 3.88. The van der Waals surface area contributed by atoms with Crippen LogP contribution in [0.25, 0.3) is 11.8 Å². The molecule has 4 nitrogen and oxygen atoms in total. The van der Waals surface area contributed by atoms with Gasteiger partial charge in [-0.25, -0.2) is 0 Å². The maximum Gasteiger partial charge on any atom is 0.262 e. The molecule has 1 aromatic heterocycles. The molecule has 2 aromatic rings. The van der Waals surface area contributed by atoms with Crippen LogP contribution in [0, 0.1) is 25.2 Å². The minimum atomic E-state index is -0.260. The molecule has 0 atom stereocenters. The fraction of sp³-hybridized carbons (Fsp3) is 0.364. The number of rotatable bonds is 4. The molecule has 1 aliphatic rings. The lowest BCUT2D eigenvalue weighted by atomic mass is 9.95. The first kappa shape index (κ1) is 18.0. The molecule has 0 unspecified atom stereocenters. The molecule has 1 N–H and O–H groups in total. The average molecular weight is 347 g/mol. The Balaban J connectivity index is 1.85. The van der Waals surface area contributed by atoms with Gasteiger partial charge in [0.05, 0.1) is 0 Å². The Morgan fingerprint density at radius 1 is 1.19 bits per heavy atom. The SMILES string of the molecule is Cc1cc(/C=C(/C#N)C(=O)NC2CCCCC2)c(C)n1-c1ccccc1. The van der Waals surface area contributed by atoms with E-state index in [1.807, 2.05) is 38.1 Å². The Bertz CT molecular complexity index is 850. The summed E-state index contributed by atoms with van der Waals surface area (Å²) in [4.78, 5) is 12.5. The summed E-state index contributed by atoms with van der Waals surface area (Å²) in [6.45, 7) is 4.05. The zero-order valence-corrected chi connectivity index (χ0v) is 15.5. The number of aryl methyl sites for hydroxylation is 1. The summed E-state index contributed by atoms with van der Waals surface area (Å²) in [5, 5.41) is 12.5. The van der Waals surface area contributed by atoms with E-state index in [2.05, 4.69) is 28.1 Å². The number of para-hydroxylation sites is 1. The zero-order chi connectivity index (χ0) is 18.5. The van der Waals surface area contributed by atoms with Crippen LogP contribution in [-0.4, -0.2) is 16.5 Å². The van der Waals surface area contributed by atoms with Crippen LogP contribution < -0.4 is 5.32 Å². The van der Waals surface area contributed by atoms with E-state index < -0.39 is 0 Å². The summed E-state index contributed by atoms with van der Waals surface area (Å²) in [6, 6.07) is 14.4. The van der Waals surface area contributed by atoms with E-state index in [4.69, 9.17) is 0 Å². The molecule has 3 rings (SSSR count). The van der Waals surface area contributed by atoms with Crippen molar-refractivity contribution in [3.8, 4) is 11.8 Å². The average Bonchev–Trinajstić information content (AvgIpc) is 2.94. The number of amides is 1. The van der Waals surface area contributed by atoms with Gasteiger partial charge in [0, 0.05) is 23.1 Å². The predicted molar refractivity (Wildman–Crippen MR) is 104 cm³/mol. The van der Waals surface area contributed by atoms with E-state index in [0.717, 1.165) is 48.3 Å². The van der Waals surface area contributed by atoms with Gasteiger partial charge in [0.25, 0.3) is 5.91 Å². The zero-order valence-electron chi connectivity index (χ0n) is 15.5. The van der Waals surface area contributed by atoms with Crippen molar-refractivity contribution >= 4 is 12.0 Å². The topological polar surface area (TPSA) is 57.8 Å². The Morgan fingerprint density at radius 2 is 1.88 bits per heavy atom. The third-order valence-electron chi connectivity index (χ3n) is 5.09. The quantitative estimate of drug-likeness (QED) is 0.656. The highest BCUT2D eigenvalue weighted by molar-refractivity contribution is 6.02. The molecule has 1 saturated carbocycles. The van der Waals surface area contributed by atoms with E-state index in [1.165, 1.54) is 6.42 Å². The molecule has 1 aromatic carbocycles. The van der Waals surface area contributed by atoms with Gasteiger partial charge in [-0.2, -0.15) is 5.26 Å². The summed E-state index contributed by atoms with van der Waals surface area (Å²) in [5.41, 5.74) is 4.25. The largest absolute Gasteiger partial charge is 0.349 e. The maximum absolute atomic E-state index is 12.5. The molecule has 0 spiro atoms. The van der Waals surface area contributed by atoms with Crippen molar-refractivity contribution in [3.63, 3.8) is 0 Å². The first-order valence-corrected chi connectivity index (χ1v) is 9.27. The van der Waals surface area contributed by atoms with Crippen LogP contribution in [0.1, 0.15) is 49.1 Å². The van der Waals surface area contributed by atoms with Crippen LogP contribution in [0.4, 0.5) is 0 Å². The van der Waals surface area contributed by atoms with E-state index >= 15 is 0 Å². The molecule has 1 fully saturated rings. The van der Waals surface area contributed by atoms with Crippen molar-refractivity contribution in [2.75, 3.05) is 0 Å². The summed E-state index contributed by atoms with van der Waals surface area (Å²) >= 11 is 0. The van der Waals surface area contributed by atoms with Crippen molar-refractivity contribution in [3.05, 3.63) is 58.9 Å². The lowest BCUT2D eigenvalue weighted by Gasteiger charge is -2.22. The number of nitrogens with zero attached hydrogens (tertiary/aromatic N) is 2. The van der Waals surface area contributed by atoms with Crippen LogP contribution in [0.3, 0.4) is 0 Å². The van der Waals surface area contributed by atoms with Crippen LogP contribution in [-0.2, 0) is 4.79 Å². The number of nitriles is 1. The highest BCUT2D eigenvalue weighted by Gasteiger charge is 2.19. The van der Waals surface area contributed by atoms with Crippen LogP contribution >= 0.6 is 0 Å². The van der Waals surface area contributed by atoms with Gasteiger partial charge in [-0.15, -0.1) is 0 Å². The first-order chi connectivity index (χ1) is 12.6. The van der Waals surface area contributed by atoms with Gasteiger partial charge in [-0.1, -0.05) is 37.5 Å². The fourth-order valence-corrected chi connectivity index (χ4v) is 3.72. The van der Waals surface area contributed by atoms with Gasteiger partial charge in [0.2, 0.25) is 0 Å². The molecular formula is C22H25N3O. The lowest BCUT2D eigenvalue weighted by Crippen LogP contribution is -2.36. The van der Waals surface area contributed by atoms with Crippen molar-refractivity contribution in [1.82, 2.24) is 9.88 Å². The highest BCUT2D eigenvalue weighted by Crippen LogP contribution is 2.23. The fourth-order valence-electron chi connectivity index (χ4n) is 3.72. The Labute approximate surface area is 155 Å². The molecule has 4 heteroatoms. The number of benzene rings is 1. The number of aromatic nitrogens is 1. The second-order valence-electron chi connectivity index (χ2n) is 6.98. The van der Waals surface area contributed by atoms with Crippen LogP contribution in [0.15, 0.2) is 42.0 Å². The first-order valence-electron chi connectivity index (χ1n) is 9.27. The monoisotopic (exact) mass is 347 g/mol. The van der Waals surface area contributed by atoms with E-state index in [-0.39, 0.29) is 17.5 Å². The molecule has 1 heterocycles. The molecule has 26 heavy (non-hydrogen) atoms. The number of carbonyl (C=O) groups excluding carboxylic acids is 1. The molecule has 0 aliphatic heterocycles. The van der Waals surface area contributed by atoms with Gasteiger partial charge in [0.1, 0.15) is 11.6 Å². The number of hydrogen-bond donors (Lipinski definition) is 1. The molecule has 134 valence electrons. The van der Waals surface area contributed by atoms with Crippen LogP contribution in [0.2, 0.25) is 0 Å². The van der Waals surface area contributed by atoms with Gasteiger partial charge < -0.3 is 9.88 Å². The van der Waals surface area contributed by atoms with E-state index in [9.17, 15) is 10.1 Å². The third-order valence-corrected chi connectivity index (χ3v) is 5.09. The normalized spacial score (nSPS) is 15.5. The molecule has 0 saturated heterocycles. The Kier molecular flexibility index (Phi) is 5.58. The Morgan fingerprint density at radius 3 is 2.54 bits per heavy atom. The highest BCUT2D eigenvalue weighted by atomic mass is 16.1.